The lowest BCUT2D eigenvalue weighted by Gasteiger charge is -2.07. The van der Waals surface area contributed by atoms with E-state index in [1.165, 1.54) is 18.5 Å². The zero-order chi connectivity index (χ0) is 11.5. The molecular weight excluding hydrogens is 210 g/mol. The van der Waals surface area contributed by atoms with Crippen LogP contribution in [0.2, 0.25) is 0 Å². The van der Waals surface area contributed by atoms with Gasteiger partial charge in [-0.15, -0.1) is 0 Å². The molecule has 0 aliphatic heterocycles. The number of phenols is 1. The Bertz CT molecular complexity index is 565. The van der Waals surface area contributed by atoms with E-state index in [-0.39, 0.29) is 28.6 Å². The summed E-state index contributed by atoms with van der Waals surface area (Å²) in [6.45, 7) is 0. The van der Waals surface area contributed by atoms with Gasteiger partial charge in [0.2, 0.25) is 5.88 Å². The number of H-pyrrole nitrogens is 1. The van der Waals surface area contributed by atoms with Gasteiger partial charge in [-0.05, 0) is 12.1 Å². The molecule has 1 aromatic carbocycles. The molecule has 2 aromatic rings. The van der Waals surface area contributed by atoms with Crippen molar-refractivity contribution in [3.05, 3.63) is 40.9 Å². The average molecular weight is 219 g/mol. The molecule has 0 radical (unpaired) electrons. The quantitative estimate of drug-likeness (QED) is 0.513. The third-order valence-corrected chi connectivity index (χ3v) is 1.91. The molecule has 1 heterocycles. The number of anilines is 1. The molecule has 0 saturated heterocycles. The van der Waals surface area contributed by atoms with Crippen LogP contribution in [0.1, 0.15) is 0 Å². The summed E-state index contributed by atoms with van der Waals surface area (Å²) < 4.78 is 5.25. The fourth-order valence-electron chi connectivity index (χ4n) is 1.14. The number of benzene rings is 1. The van der Waals surface area contributed by atoms with Gasteiger partial charge in [-0.2, -0.15) is 0 Å². The maximum atomic E-state index is 11.0. The van der Waals surface area contributed by atoms with Gasteiger partial charge in [0.05, 0.1) is 12.4 Å². The molecule has 0 atom stereocenters. The van der Waals surface area contributed by atoms with Crippen LogP contribution in [0.3, 0.4) is 0 Å². The molecule has 16 heavy (non-hydrogen) atoms. The standard InChI is InChI=1S/C10H9N3O3/c11-10-6(14)2-1-3-7(10)16-9-4-8(15)12-5-13-9/h1-5,14H,11H2,(H,12,13,15). The monoisotopic (exact) mass is 219 g/mol. The molecule has 2 rings (SSSR count). The highest BCUT2D eigenvalue weighted by atomic mass is 16.5. The summed E-state index contributed by atoms with van der Waals surface area (Å²) in [6.07, 6.45) is 1.22. The second-order valence-corrected chi connectivity index (χ2v) is 3.04. The van der Waals surface area contributed by atoms with Crippen molar-refractivity contribution in [1.82, 2.24) is 9.97 Å². The van der Waals surface area contributed by atoms with E-state index in [1.807, 2.05) is 0 Å². The van der Waals surface area contributed by atoms with E-state index >= 15 is 0 Å². The Labute approximate surface area is 90.3 Å². The summed E-state index contributed by atoms with van der Waals surface area (Å²) >= 11 is 0. The van der Waals surface area contributed by atoms with Gasteiger partial charge in [0.25, 0.3) is 5.56 Å². The van der Waals surface area contributed by atoms with Crippen LogP contribution < -0.4 is 16.0 Å². The maximum absolute atomic E-state index is 11.0. The van der Waals surface area contributed by atoms with Crippen molar-refractivity contribution in [1.29, 1.82) is 0 Å². The molecule has 0 aliphatic rings. The van der Waals surface area contributed by atoms with Crippen molar-refractivity contribution < 1.29 is 9.84 Å². The molecule has 82 valence electrons. The van der Waals surface area contributed by atoms with Crippen molar-refractivity contribution >= 4 is 5.69 Å². The molecular formula is C10H9N3O3. The maximum Gasteiger partial charge on any atom is 0.254 e. The van der Waals surface area contributed by atoms with Crippen LogP contribution in [-0.2, 0) is 0 Å². The summed E-state index contributed by atoms with van der Waals surface area (Å²) in [4.78, 5) is 17.1. The minimum atomic E-state index is -0.330. The van der Waals surface area contributed by atoms with Gasteiger partial charge < -0.3 is 20.6 Å². The Morgan fingerprint density at radius 1 is 1.44 bits per heavy atom. The van der Waals surface area contributed by atoms with Gasteiger partial charge >= 0.3 is 0 Å². The van der Waals surface area contributed by atoms with Gasteiger partial charge in [-0.25, -0.2) is 4.98 Å². The van der Waals surface area contributed by atoms with E-state index in [0.717, 1.165) is 0 Å². The molecule has 0 saturated carbocycles. The molecule has 6 nitrogen and oxygen atoms in total. The first-order valence-corrected chi connectivity index (χ1v) is 4.47. The highest BCUT2D eigenvalue weighted by molar-refractivity contribution is 5.62. The van der Waals surface area contributed by atoms with Gasteiger partial charge in [-0.3, -0.25) is 4.79 Å². The number of nitrogens with two attached hydrogens (primary N) is 1. The van der Waals surface area contributed by atoms with E-state index < -0.39 is 0 Å². The van der Waals surface area contributed by atoms with Gasteiger partial charge in [-0.1, -0.05) is 6.07 Å². The lowest BCUT2D eigenvalue weighted by Crippen LogP contribution is -2.05. The van der Waals surface area contributed by atoms with Crippen molar-refractivity contribution in [2.45, 2.75) is 0 Å². The number of para-hydroxylation sites is 1. The Balaban J connectivity index is 2.34. The SMILES string of the molecule is Nc1c(O)cccc1Oc1cc(=O)[nH]cn1. The third-order valence-electron chi connectivity index (χ3n) is 1.91. The Morgan fingerprint density at radius 2 is 2.25 bits per heavy atom. The van der Waals surface area contributed by atoms with Crippen LogP contribution in [0, 0.1) is 0 Å². The molecule has 0 amide bonds. The van der Waals surface area contributed by atoms with Crippen molar-refractivity contribution in [3.8, 4) is 17.4 Å². The van der Waals surface area contributed by atoms with Crippen LogP contribution in [-0.4, -0.2) is 15.1 Å². The van der Waals surface area contributed by atoms with Crippen LogP contribution in [0.25, 0.3) is 0 Å². The first-order valence-electron chi connectivity index (χ1n) is 4.47. The van der Waals surface area contributed by atoms with Crippen molar-refractivity contribution in [2.75, 3.05) is 5.73 Å². The Morgan fingerprint density at radius 3 is 3.00 bits per heavy atom. The number of ether oxygens (including phenoxy) is 1. The largest absolute Gasteiger partial charge is 0.506 e. The van der Waals surface area contributed by atoms with Gasteiger partial charge in [0, 0.05) is 0 Å². The summed E-state index contributed by atoms with van der Waals surface area (Å²) in [7, 11) is 0. The lowest BCUT2D eigenvalue weighted by molar-refractivity contribution is 0.448. The number of aromatic hydroxyl groups is 1. The van der Waals surface area contributed by atoms with Crippen LogP contribution in [0.5, 0.6) is 17.4 Å². The van der Waals surface area contributed by atoms with E-state index in [2.05, 4.69) is 9.97 Å². The smallest absolute Gasteiger partial charge is 0.254 e. The van der Waals surface area contributed by atoms with E-state index in [9.17, 15) is 9.90 Å². The molecule has 0 fully saturated rings. The second-order valence-electron chi connectivity index (χ2n) is 3.04. The summed E-state index contributed by atoms with van der Waals surface area (Å²) in [5.74, 6) is 0.279. The zero-order valence-corrected chi connectivity index (χ0v) is 8.18. The Kier molecular flexibility index (Phi) is 2.47. The van der Waals surface area contributed by atoms with Crippen LogP contribution in [0.4, 0.5) is 5.69 Å². The van der Waals surface area contributed by atoms with E-state index in [1.54, 1.807) is 12.1 Å². The summed E-state index contributed by atoms with van der Waals surface area (Å²) in [6, 6.07) is 5.77. The predicted molar refractivity (Wildman–Crippen MR) is 57.5 cm³/mol. The van der Waals surface area contributed by atoms with Gasteiger partial charge in [0.1, 0.15) is 11.4 Å². The van der Waals surface area contributed by atoms with Crippen LogP contribution in [0.15, 0.2) is 35.4 Å². The molecule has 0 unspecified atom stereocenters. The number of aromatic nitrogens is 2. The summed E-state index contributed by atoms with van der Waals surface area (Å²) in [5, 5.41) is 9.34. The number of hydrogen-bond donors (Lipinski definition) is 3. The minimum absolute atomic E-state index is 0.0812. The van der Waals surface area contributed by atoms with Crippen molar-refractivity contribution in [3.63, 3.8) is 0 Å². The number of nitrogen functional groups attached to an aromatic ring is 1. The lowest BCUT2D eigenvalue weighted by atomic mass is 10.3. The highest BCUT2D eigenvalue weighted by Crippen LogP contribution is 2.32. The third kappa shape index (κ3) is 1.95. The van der Waals surface area contributed by atoms with Crippen molar-refractivity contribution in [2.24, 2.45) is 0 Å². The number of phenolic OH excluding ortho intramolecular Hbond substituents is 1. The first kappa shape index (κ1) is 10.0. The molecule has 0 spiro atoms. The predicted octanol–water partition coefficient (Wildman–Crippen LogP) is 0.850. The van der Waals surface area contributed by atoms with Crippen LogP contribution >= 0.6 is 0 Å². The number of aromatic amines is 1. The van der Waals surface area contributed by atoms with E-state index in [0.29, 0.717) is 0 Å². The molecule has 6 heteroatoms. The zero-order valence-electron chi connectivity index (χ0n) is 8.18. The number of hydrogen-bond acceptors (Lipinski definition) is 5. The average Bonchev–Trinajstić information content (AvgIpc) is 2.25. The molecule has 4 N–H and O–H groups in total. The number of nitrogens with one attached hydrogen (secondary N) is 1. The van der Waals surface area contributed by atoms with E-state index in [4.69, 9.17) is 10.5 Å². The minimum Gasteiger partial charge on any atom is -0.506 e. The second kappa shape index (κ2) is 3.93. The highest BCUT2D eigenvalue weighted by Gasteiger charge is 2.06. The topological polar surface area (TPSA) is 101 Å². The molecule has 1 aromatic heterocycles. The fourth-order valence-corrected chi connectivity index (χ4v) is 1.14. The molecule has 0 aliphatic carbocycles. The first-order chi connectivity index (χ1) is 7.66. The summed E-state index contributed by atoms with van der Waals surface area (Å²) in [5.41, 5.74) is 5.35. The van der Waals surface area contributed by atoms with Gasteiger partial charge in [0.15, 0.2) is 5.75 Å². The normalized spacial score (nSPS) is 10.0. The number of nitrogens with zero attached hydrogens (tertiary/aromatic N) is 1. The number of rotatable bonds is 2. The molecule has 0 bridgehead atoms. The Hall–Kier alpha value is -2.50. The fraction of sp³-hybridized carbons (Fsp3) is 0.